The molecule has 2 aromatic carbocycles. The molecule has 0 saturated carbocycles. The van der Waals surface area contributed by atoms with E-state index >= 15 is 0 Å². The van der Waals surface area contributed by atoms with E-state index in [1.165, 1.54) is 6.33 Å². The van der Waals surface area contributed by atoms with Gasteiger partial charge in [0.1, 0.15) is 17.8 Å². The highest BCUT2D eigenvalue weighted by atomic mass is 16.5. The smallest absolute Gasteiger partial charge is 0.258 e. The average molecular weight is 360 g/mol. The van der Waals surface area contributed by atoms with Crippen LogP contribution in [0.1, 0.15) is 19.4 Å². The maximum absolute atomic E-state index is 6.20. The van der Waals surface area contributed by atoms with Gasteiger partial charge >= 0.3 is 0 Å². The molecule has 0 spiro atoms. The lowest BCUT2D eigenvalue weighted by Gasteiger charge is -2.17. The van der Waals surface area contributed by atoms with E-state index in [0.717, 1.165) is 17.7 Å². The van der Waals surface area contributed by atoms with E-state index in [-0.39, 0.29) is 0 Å². The first-order valence-corrected chi connectivity index (χ1v) is 8.89. The average Bonchev–Trinajstić information content (AvgIpc) is 3.14. The lowest BCUT2D eigenvalue weighted by atomic mass is 10.0. The van der Waals surface area contributed by atoms with Crippen molar-refractivity contribution in [3.05, 3.63) is 72.6 Å². The van der Waals surface area contributed by atoms with E-state index in [9.17, 15) is 0 Å². The van der Waals surface area contributed by atoms with Crippen molar-refractivity contribution in [1.82, 2.24) is 19.6 Å². The standard InChI is InChI=1S/C21H20N4O2/c1-15(2)13-18-19(26-16-9-5-3-6-10-16)24-21-22-14-23-25(21)20(18)27-17-11-7-4-8-12-17/h3-12,14-15H,13H2,1-2H3. The number of aromatic nitrogens is 4. The van der Waals surface area contributed by atoms with Crippen molar-refractivity contribution in [3.63, 3.8) is 0 Å². The van der Waals surface area contributed by atoms with Gasteiger partial charge in [-0.1, -0.05) is 50.2 Å². The van der Waals surface area contributed by atoms with Crippen molar-refractivity contribution < 1.29 is 9.47 Å². The molecule has 0 fully saturated rings. The SMILES string of the molecule is CC(C)Cc1c(Oc2ccccc2)nc2ncnn2c1Oc1ccccc1. The number of hydrogen-bond acceptors (Lipinski definition) is 5. The number of para-hydroxylation sites is 2. The zero-order chi connectivity index (χ0) is 18.6. The van der Waals surface area contributed by atoms with Crippen molar-refractivity contribution >= 4 is 5.78 Å². The maximum atomic E-state index is 6.20. The number of nitrogens with zero attached hydrogens (tertiary/aromatic N) is 4. The molecule has 0 aliphatic rings. The first-order chi connectivity index (χ1) is 13.2. The van der Waals surface area contributed by atoms with Gasteiger partial charge in [-0.25, -0.2) is 0 Å². The molecule has 27 heavy (non-hydrogen) atoms. The highest BCUT2D eigenvalue weighted by Gasteiger charge is 2.21. The summed E-state index contributed by atoms with van der Waals surface area (Å²) in [7, 11) is 0. The summed E-state index contributed by atoms with van der Waals surface area (Å²) in [5.41, 5.74) is 0.857. The molecule has 4 aromatic rings. The van der Waals surface area contributed by atoms with Crippen LogP contribution in [0, 0.1) is 5.92 Å². The number of ether oxygens (including phenoxy) is 2. The molecule has 0 aliphatic carbocycles. The van der Waals surface area contributed by atoms with Gasteiger partial charge in [0.05, 0.1) is 5.56 Å². The monoisotopic (exact) mass is 360 g/mol. The third-order valence-corrected chi connectivity index (χ3v) is 3.97. The molecule has 136 valence electrons. The molecule has 6 heteroatoms. The van der Waals surface area contributed by atoms with E-state index < -0.39 is 0 Å². The van der Waals surface area contributed by atoms with Crippen molar-refractivity contribution in [2.45, 2.75) is 20.3 Å². The Balaban J connectivity index is 1.86. The Bertz CT molecular complexity index is 1030. The molecule has 0 atom stereocenters. The van der Waals surface area contributed by atoms with Gasteiger partial charge in [-0.05, 0) is 36.6 Å². The Labute approximate surface area is 157 Å². The van der Waals surface area contributed by atoms with Gasteiger partial charge in [-0.2, -0.15) is 19.6 Å². The molecule has 2 heterocycles. The quantitative estimate of drug-likeness (QED) is 0.489. The van der Waals surface area contributed by atoms with Gasteiger partial charge in [-0.15, -0.1) is 0 Å². The Morgan fingerprint density at radius 3 is 2.15 bits per heavy atom. The fraction of sp³-hybridized carbons (Fsp3) is 0.190. The molecule has 0 unspecified atom stereocenters. The molecule has 0 bridgehead atoms. The van der Waals surface area contributed by atoms with Crippen molar-refractivity contribution in [1.29, 1.82) is 0 Å². The summed E-state index contributed by atoms with van der Waals surface area (Å²) >= 11 is 0. The highest BCUT2D eigenvalue weighted by molar-refractivity contribution is 5.47. The van der Waals surface area contributed by atoms with Gasteiger partial charge in [0.2, 0.25) is 11.8 Å². The van der Waals surface area contributed by atoms with Crippen LogP contribution in [0.5, 0.6) is 23.3 Å². The number of benzene rings is 2. The third-order valence-electron chi connectivity index (χ3n) is 3.97. The molecular weight excluding hydrogens is 340 g/mol. The molecule has 0 amide bonds. The van der Waals surface area contributed by atoms with E-state index in [2.05, 4.69) is 28.9 Å². The topological polar surface area (TPSA) is 61.5 Å². The second-order valence-corrected chi connectivity index (χ2v) is 6.60. The van der Waals surface area contributed by atoms with Gasteiger partial charge < -0.3 is 9.47 Å². The molecule has 2 aromatic heterocycles. The normalized spacial score (nSPS) is 11.1. The summed E-state index contributed by atoms with van der Waals surface area (Å²) in [5, 5.41) is 4.29. The van der Waals surface area contributed by atoms with Crippen LogP contribution < -0.4 is 9.47 Å². The van der Waals surface area contributed by atoms with Crippen LogP contribution in [0.25, 0.3) is 5.78 Å². The summed E-state index contributed by atoms with van der Waals surface area (Å²) in [6.07, 6.45) is 2.19. The molecule has 4 rings (SSSR count). The molecule has 0 saturated heterocycles. The fourth-order valence-electron chi connectivity index (χ4n) is 2.80. The van der Waals surface area contributed by atoms with Gasteiger partial charge in [0.15, 0.2) is 0 Å². The third kappa shape index (κ3) is 3.74. The van der Waals surface area contributed by atoms with Crippen LogP contribution in [0.4, 0.5) is 0 Å². The van der Waals surface area contributed by atoms with Crippen LogP contribution >= 0.6 is 0 Å². The van der Waals surface area contributed by atoms with Crippen LogP contribution in [0.15, 0.2) is 67.0 Å². The lowest BCUT2D eigenvalue weighted by Crippen LogP contribution is -2.08. The molecular formula is C21H20N4O2. The zero-order valence-electron chi connectivity index (χ0n) is 15.2. The minimum absolute atomic E-state index is 0.379. The largest absolute Gasteiger partial charge is 0.438 e. The number of hydrogen-bond donors (Lipinski definition) is 0. The van der Waals surface area contributed by atoms with E-state index in [1.54, 1.807) is 4.52 Å². The first-order valence-electron chi connectivity index (χ1n) is 8.89. The van der Waals surface area contributed by atoms with Crippen molar-refractivity contribution in [2.24, 2.45) is 5.92 Å². The minimum Gasteiger partial charge on any atom is -0.438 e. The maximum Gasteiger partial charge on any atom is 0.258 e. The summed E-state index contributed by atoms with van der Waals surface area (Å²) in [4.78, 5) is 8.80. The second kappa shape index (κ2) is 7.45. The Morgan fingerprint density at radius 1 is 0.889 bits per heavy atom. The predicted molar refractivity (Wildman–Crippen MR) is 102 cm³/mol. The molecule has 6 nitrogen and oxygen atoms in total. The summed E-state index contributed by atoms with van der Waals surface area (Å²) in [6, 6.07) is 19.2. The van der Waals surface area contributed by atoms with E-state index in [1.807, 2.05) is 60.7 Å². The lowest BCUT2D eigenvalue weighted by molar-refractivity contribution is 0.407. The van der Waals surface area contributed by atoms with Gasteiger partial charge in [0.25, 0.3) is 5.78 Å². The summed E-state index contributed by atoms with van der Waals surface area (Å²) in [5.74, 6) is 3.30. The zero-order valence-corrected chi connectivity index (χ0v) is 15.2. The molecule has 0 N–H and O–H groups in total. The van der Waals surface area contributed by atoms with Gasteiger partial charge in [0, 0.05) is 0 Å². The van der Waals surface area contributed by atoms with Crippen molar-refractivity contribution in [3.8, 4) is 23.3 Å². The summed E-state index contributed by atoms with van der Waals surface area (Å²) < 4.78 is 13.9. The first kappa shape index (κ1) is 17.0. The van der Waals surface area contributed by atoms with E-state index in [4.69, 9.17) is 9.47 Å². The number of rotatable bonds is 6. The van der Waals surface area contributed by atoms with Crippen LogP contribution in [-0.2, 0) is 6.42 Å². The van der Waals surface area contributed by atoms with Crippen molar-refractivity contribution in [2.75, 3.05) is 0 Å². The highest BCUT2D eigenvalue weighted by Crippen LogP contribution is 2.35. The molecule has 0 radical (unpaired) electrons. The molecule has 0 aliphatic heterocycles. The minimum atomic E-state index is 0.379. The Kier molecular flexibility index (Phi) is 4.70. The predicted octanol–water partition coefficient (Wildman–Crippen LogP) is 4.91. The van der Waals surface area contributed by atoms with E-state index in [0.29, 0.717) is 29.2 Å². The van der Waals surface area contributed by atoms with Crippen LogP contribution in [0.3, 0.4) is 0 Å². The number of fused-ring (bicyclic) bond motifs is 1. The van der Waals surface area contributed by atoms with Gasteiger partial charge in [-0.3, -0.25) is 0 Å². The second-order valence-electron chi connectivity index (χ2n) is 6.60. The Hall–Kier alpha value is -3.41. The summed E-state index contributed by atoms with van der Waals surface area (Å²) in [6.45, 7) is 4.29. The van der Waals surface area contributed by atoms with Crippen LogP contribution in [-0.4, -0.2) is 19.6 Å². The fourth-order valence-corrected chi connectivity index (χ4v) is 2.80. The Morgan fingerprint density at radius 2 is 1.52 bits per heavy atom. The van der Waals surface area contributed by atoms with Crippen LogP contribution in [0.2, 0.25) is 0 Å².